The van der Waals surface area contributed by atoms with E-state index in [2.05, 4.69) is 52.0 Å². The molecule has 0 nitrogen and oxygen atoms in total. The predicted molar refractivity (Wildman–Crippen MR) is 85.0 cm³/mol. The van der Waals surface area contributed by atoms with Crippen molar-refractivity contribution in [2.24, 2.45) is 5.41 Å². The molecule has 0 spiro atoms. The van der Waals surface area contributed by atoms with Gasteiger partial charge in [-0.15, -0.1) is 0 Å². The Labute approximate surface area is 116 Å². The van der Waals surface area contributed by atoms with E-state index in [-0.39, 0.29) is 0 Å². The highest BCUT2D eigenvalue weighted by molar-refractivity contribution is 4.88. The van der Waals surface area contributed by atoms with Crippen molar-refractivity contribution in [1.82, 2.24) is 0 Å². The third-order valence-electron chi connectivity index (χ3n) is 3.11. The summed E-state index contributed by atoms with van der Waals surface area (Å²) in [6.07, 6.45) is 21.0. The van der Waals surface area contributed by atoms with Gasteiger partial charge in [-0.05, 0) is 50.4 Å². The van der Waals surface area contributed by atoms with E-state index in [0.29, 0.717) is 5.41 Å². The lowest BCUT2D eigenvalue weighted by Gasteiger charge is -2.16. The maximum atomic E-state index is 2.36. The molecule has 0 unspecified atom stereocenters. The molecule has 0 aliphatic rings. The first-order chi connectivity index (χ1) is 8.56. The molecule has 0 aliphatic carbocycles. The Hall–Kier alpha value is -0.520. The maximum absolute atomic E-state index is 2.36. The minimum atomic E-state index is 0.495. The Bertz CT molecular complexity index is 215. The largest absolute Gasteiger partial charge is 0.0885 e. The molecule has 0 N–H and O–H groups in total. The van der Waals surface area contributed by atoms with E-state index in [1.165, 1.54) is 57.8 Å². The van der Waals surface area contributed by atoms with Gasteiger partial charge in [-0.2, -0.15) is 0 Å². The summed E-state index contributed by atoms with van der Waals surface area (Å²) in [5.74, 6) is 0. The van der Waals surface area contributed by atoms with Gasteiger partial charge in [0.15, 0.2) is 0 Å². The van der Waals surface area contributed by atoms with Crippen molar-refractivity contribution in [3.05, 3.63) is 24.3 Å². The molecule has 0 atom stereocenters. The molecule has 0 heteroatoms. The van der Waals surface area contributed by atoms with Crippen LogP contribution in [0.5, 0.6) is 0 Å². The Kier molecular flexibility index (Phi) is 11.2. The van der Waals surface area contributed by atoms with E-state index in [1.807, 2.05) is 0 Å². The van der Waals surface area contributed by atoms with Crippen molar-refractivity contribution in [3.8, 4) is 0 Å². The van der Waals surface area contributed by atoms with Crippen molar-refractivity contribution in [1.29, 1.82) is 0 Å². The summed E-state index contributed by atoms with van der Waals surface area (Å²) in [7, 11) is 0. The molecule has 18 heavy (non-hydrogen) atoms. The molecule has 106 valence electrons. The zero-order valence-corrected chi connectivity index (χ0v) is 13.2. The number of rotatable bonds is 10. The molecule has 0 aromatic heterocycles. The highest BCUT2D eigenvalue weighted by Gasteiger charge is 2.07. The molecule has 0 radical (unpaired) electrons. The number of unbranched alkanes of at least 4 members (excludes halogenated alkanes) is 5. The number of hydrogen-bond acceptors (Lipinski definition) is 0. The van der Waals surface area contributed by atoms with Crippen LogP contribution in [-0.4, -0.2) is 0 Å². The zero-order chi connectivity index (χ0) is 13.7. The van der Waals surface area contributed by atoms with Gasteiger partial charge in [0.05, 0.1) is 0 Å². The minimum Gasteiger partial charge on any atom is -0.0885 e. The lowest BCUT2D eigenvalue weighted by molar-refractivity contribution is 0.367. The van der Waals surface area contributed by atoms with E-state index in [9.17, 15) is 0 Å². The average molecular weight is 250 g/mol. The van der Waals surface area contributed by atoms with Crippen LogP contribution in [0, 0.1) is 5.41 Å². The highest BCUT2D eigenvalue weighted by atomic mass is 14.1. The third-order valence-corrected chi connectivity index (χ3v) is 3.11. The Morgan fingerprint density at radius 3 is 1.67 bits per heavy atom. The average Bonchev–Trinajstić information content (AvgIpc) is 2.29. The van der Waals surface area contributed by atoms with E-state index >= 15 is 0 Å². The van der Waals surface area contributed by atoms with Gasteiger partial charge in [0.25, 0.3) is 0 Å². The third kappa shape index (κ3) is 15.5. The summed E-state index contributed by atoms with van der Waals surface area (Å²) in [5.41, 5.74) is 0.495. The SMILES string of the molecule is CCCCCC=CCCC=CCCCC(C)(C)C. The van der Waals surface area contributed by atoms with Gasteiger partial charge in [-0.25, -0.2) is 0 Å². The van der Waals surface area contributed by atoms with E-state index in [1.54, 1.807) is 0 Å². The molecule has 0 aromatic rings. The fourth-order valence-electron chi connectivity index (χ4n) is 1.93. The normalized spacial score (nSPS) is 12.9. The molecule has 0 heterocycles. The molecular formula is C18H34. The number of allylic oxidation sites excluding steroid dienone is 4. The van der Waals surface area contributed by atoms with Gasteiger partial charge in [-0.1, -0.05) is 64.8 Å². The van der Waals surface area contributed by atoms with Gasteiger partial charge in [0, 0.05) is 0 Å². The Balaban J connectivity index is 3.28. The summed E-state index contributed by atoms with van der Waals surface area (Å²) >= 11 is 0. The van der Waals surface area contributed by atoms with E-state index in [0.717, 1.165) is 0 Å². The van der Waals surface area contributed by atoms with Crippen LogP contribution >= 0.6 is 0 Å². The molecule has 0 bridgehead atoms. The first-order valence-electron chi connectivity index (χ1n) is 7.86. The Morgan fingerprint density at radius 1 is 0.667 bits per heavy atom. The predicted octanol–water partition coefficient (Wildman–Crippen LogP) is 6.68. The van der Waals surface area contributed by atoms with Crippen molar-refractivity contribution < 1.29 is 0 Å². The lowest BCUT2D eigenvalue weighted by atomic mass is 9.90. The van der Waals surface area contributed by atoms with E-state index in [4.69, 9.17) is 0 Å². The second kappa shape index (κ2) is 11.6. The van der Waals surface area contributed by atoms with Crippen molar-refractivity contribution in [3.63, 3.8) is 0 Å². The van der Waals surface area contributed by atoms with Crippen molar-refractivity contribution in [2.75, 3.05) is 0 Å². The first kappa shape index (κ1) is 17.5. The molecule has 0 aliphatic heterocycles. The number of hydrogen-bond donors (Lipinski definition) is 0. The molecule has 0 amide bonds. The van der Waals surface area contributed by atoms with Gasteiger partial charge in [0.1, 0.15) is 0 Å². The first-order valence-corrected chi connectivity index (χ1v) is 7.86. The molecule has 0 saturated heterocycles. The van der Waals surface area contributed by atoms with Gasteiger partial charge < -0.3 is 0 Å². The van der Waals surface area contributed by atoms with Crippen molar-refractivity contribution >= 4 is 0 Å². The van der Waals surface area contributed by atoms with Gasteiger partial charge in [-0.3, -0.25) is 0 Å². The second-order valence-electron chi connectivity index (χ2n) is 6.47. The molecule has 0 fully saturated rings. The minimum absolute atomic E-state index is 0.495. The summed E-state index contributed by atoms with van der Waals surface area (Å²) in [5, 5.41) is 0. The van der Waals surface area contributed by atoms with Crippen LogP contribution in [0.25, 0.3) is 0 Å². The van der Waals surface area contributed by atoms with Crippen LogP contribution in [0.15, 0.2) is 24.3 Å². The summed E-state index contributed by atoms with van der Waals surface area (Å²) in [6.45, 7) is 9.22. The topological polar surface area (TPSA) is 0 Å². The van der Waals surface area contributed by atoms with Gasteiger partial charge >= 0.3 is 0 Å². The van der Waals surface area contributed by atoms with Crippen LogP contribution in [0.2, 0.25) is 0 Å². The zero-order valence-electron chi connectivity index (χ0n) is 13.2. The van der Waals surface area contributed by atoms with Crippen LogP contribution in [0.1, 0.15) is 85.5 Å². The van der Waals surface area contributed by atoms with Crippen molar-refractivity contribution in [2.45, 2.75) is 85.5 Å². The lowest BCUT2D eigenvalue weighted by Crippen LogP contribution is -2.03. The standard InChI is InChI=1S/C18H34/c1-5-6-7-8-9-10-11-12-13-14-15-16-17-18(2,3)4/h9-10,13-14H,5-8,11-12,15-17H2,1-4H3. The molecular weight excluding hydrogens is 216 g/mol. The highest BCUT2D eigenvalue weighted by Crippen LogP contribution is 2.21. The summed E-state index contributed by atoms with van der Waals surface area (Å²) < 4.78 is 0. The van der Waals surface area contributed by atoms with Crippen LogP contribution in [0.4, 0.5) is 0 Å². The summed E-state index contributed by atoms with van der Waals surface area (Å²) in [6, 6.07) is 0. The fraction of sp³-hybridized carbons (Fsp3) is 0.778. The van der Waals surface area contributed by atoms with Crippen LogP contribution < -0.4 is 0 Å². The van der Waals surface area contributed by atoms with E-state index < -0.39 is 0 Å². The smallest absolute Gasteiger partial charge is 0.0316 e. The maximum Gasteiger partial charge on any atom is -0.0316 e. The van der Waals surface area contributed by atoms with Crippen LogP contribution in [-0.2, 0) is 0 Å². The quantitative estimate of drug-likeness (QED) is 0.300. The summed E-state index contributed by atoms with van der Waals surface area (Å²) in [4.78, 5) is 0. The monoisotopic (exact) mass is 250 g/mol. The molecule has 0 rings (SSSR count). The fourth-order valence-corrected chi connectivity index (χ4v) is 1.93. The molecule has 0 aromatic carbocycles. The van der Waals surface area contributed by atoms with Crippen LogP contribution in [0.3, 0.4) is 0 Å². The Morgan fingerprint density at radius 2 is 1.17 bits per heavy atom. The van der Waals surface area contributed by atoms with Gasteiger partial charge in [0.2, 0.25) is 0 Å². The molecule has 0 saturated carbocycles. The second-order valence-corrected chi connectivity index (χ2v) is 6.47.